The maximum atomic E-state index is 11.2. The molecule has 0 fully saturated rings. The van der Waals surface area contributed by atoms with Gasteiger partial charge in [-0.15, -0.1) is 0 Å². The topological polar surface area (TPSA) is 89.7 Å². The van der Waals surface area contributed by atoms with Crippen LogP contribution in [0.1, 0.15) is 10.4 Å². The maximum absolute atomic E-state index is 11.2. The number of aromatic carboxylic acids is 1. The molecule has 2 aromatic carbocycles. The van der Waals surface area contributed by atoms with Crippen molar-refractivity contribution in [3.63, 3.8) is 0 Å². The molecule has 0 bridgehead atoms. The number of benzene rings is 2. The van der Waals surface area contributed by atoms with Crippen molar-refractivity contribution in [3.8, 4) is 11.5 Å². The zero-order valence-electron chi connectivity index (χ0n) is 10.2. The minimum Gasteiger partial charge on any atom is -0.478 e. The van der Waals surface area contributed by atoms with Crippen LogP contribution in [0.4, 0.5) is 5.69 Å². The second-order valence-electron chi connectivity index (χ2n) is 3.90. The summed E-state index contributed by atoms with van der Waals surface area (Å²) in [5.74, 6) is -1.41. The van der Waals surface area contributed by atoms with E-state index in [0.717, 1.165) is 12.1 Å². The highest BCUT2D eigenvalue weighted by Crippen LogP contribution is 2.38. The molecule has 0 atom stereocenters. The Kier molecular flexibility index (Phi) is 4.30. The molecular formula is C13H7Cl2NO5. The van der Waals surface area contributed by atoms with Crippen molar-refractivity contribution in [1.29, 1.82) is 0 Å². The van der Waals surface area contributed by atoms with Crippen LogP contribution in [0.25, 0.3) is 0 Å². The van der Waals surface area contributed by atoms with E-state index in [-0.39, 0.29) is 21.5 Å². The van der Waals surface area contributed by atoms with Gasteiger partial charge in [-0.1, -0.05) is 35.3 Å². The van der Waals surface area contributed by atoms with Gasteiger partial charge < -0.3 is 9.84 Å². The second-order valence-corrected chi connectivity index (χ2v) is 4.71. The lowest BCUT2D eigenvalue weighted by Crippen LogP contribution is -2.02. The van der Waals surface area contributed by atoms with E-state index in [1.54, 1.807) is 18.2 Å². The van der Waals surface area contributed by atoms with E-state index < -0.39 is 22.1 Å². The van der Waals surface area contributed by atoms with Gasteiger partial charge >= 0.3 is 5.97 Å². The monoisotopic (exact) mass is 327 g/mol. The van der Waals surface area contributed by atoms with Crippen molar-refractivity contribution in [2.45, 2.75) is 0 Å². The van der Waals surface area contributed by atoms with E-state index in [1.165, 1.54) is 6.07 Å². The van der Waals surface area contributed by atoms with Gasteiger partial charge in [0.15, 0.2) is 5.75 Å². The molecule has 2 rings (SSSR count). The molecule has 8 heteroatoms. The molecule has 0 spiro atoms. The highest BCUT2D eigenvalue weighted by Gasteiger charge is 2.22. The van der Waals surface area contributed by atoms with E-state index in [1.807, 2.05) is 0 Å². The number of carboxylic acids is 1. The van der Waals surface area contributed by atoms with Crippen molar-refractivity contribution in [3.05, 3.63) is 62.1 Å². The molecule has 0 aliphatic heterocycles. The van der Waals surface area contributed by atoms with E-state index in [0.29, 0.717) is 0 Å². The lowest BCUT2D eigenvalue weighted by molar-refractivity contribution is -0.384. The van der Waals surface area contributed by atoms with Crippen molar-refractivity contribution in [2.75, 3.05) is 0 Å². The fourth-order valence-corrected chi connectivity index (χ4v) is 2.01. The van der Waals surface area contributed by atoms with Gasteiger partial charge in [-0.25, -0.2) is 4.79 Å². The van der Waals surface area contributed by atoms with Crippen LogP contribution in [0.15, 0.2) is 36.4 Å². The Morgan fingerprint density at radius 3 is 2.43 bits per heavy atom. The van der Waals surface area contributed by atoms with Gasteiger partial charge in [-0.2, -0.15) is 0 Å². The van der Waals surface area contributed by atoms with E-state index in [2.05, 4.69) is 0 Å². The maximum Gasteiger partial charge on any atom is 0.339 e. The van der Waals surface area contributed by atoms with Gasteiger partial charge in [0, 0.05) is 12.1 Å². The number of ether oxygens (including phenoxy) is 1. The average molecular weight is 328 g/mol. The molecule has 0 aliphatic carbocycles. The summed E-state index contributed by atoms with van der Waals surface area (Å²) in [6.07, 6.45) is 0. The first-order valence-electron chi connectivity index (χ1n) is 5.53. The van der Waals surface area contributed by atoms with Crippen LogP contribution >= 0.6 is 23.2 Å². The van der Waals surface area contributed by atoms with Gasteiger partial charge in [0.2, 0.25) is 0 Å². The number of rotatable bonds is 4. The smallest absolute Gasteiger partial charge is 0.339 e. The number of hydrogen-bond acceptors (Lipinski definition) is 4. The minimum absolute atomic E-state index is 0.192. The summed E-state index contributed by atoms with van der Waals surface area (Å²) < 4.78 is 5.40. The summed E-state index contributed by atoms with van der Waals surface area (Å²) in [4.78, 5) is 21.2. The van der Waals surface area contributed by atoms with Gasteiger partial charge in [0.25, 0.3) is 5.69 Å². The summed E-state index contributed by atoms with van der Waals surface area (Å²) >= 11 is 11.8. The first-order chi connectivity index (χ1) is 9.90. The third kappa shape index (κ3) is 3.24. The summed E-state index contributed by atoms with van der Waals surface area (Å²) in [5.41, 5.74) is -0.863. The second kappa shape index (κ2) is 5.99. The molecule has 0 aromatic heterocycles. The van der Waals surface area contributed by atoms with Crippen molar-refractivity contribution in [2.24, 2.45) is 0 Å². The first-order valence-corrected chi connectivity index (χ1v) is 6.29. The molecular weight excluding hydrogens is 321 g/mol. The number of nitro groups is 1. The largest absolute Gasteiger partial charge is 0.478 e. The van der Waals surface area contributed by atoms with E-state index >= 15 is 0 Å². The number of carboxylic acid groups (broad SMARTS) is 1. The Morgan fingerprint density at radius 2 is 1.86 bits per heavy atom. The van der Waals surface area contributed by atoms with Crippen LogP contribution in [0.2, 0.25) is 10.0 Å². The lowest BCUT2D eigenvalue weighted by atomic mass is 10.1. The first kappa shape index (κ1) is 15.1. The summed E-state index contributed by atoms with van der Waals surface area (Å²) in [5, 5.41) is 20.0. The van der Waals surface area contributed by atoms with Crippen molar-refractivity contribution < 1.29 is 19.6 Å². The standard InChI is InChI=1S/C13H7Cl2NO5/c14-9-3-1-2-4-11(9)21-12-8(13(17)18)5-7(16(19)20)6-10(12)15/h1-6H,(H,17,18). The number of carbonyl (C=O) groups is 1. The van der Waals surface area contributed by atoms with Crippen LogP contribution in [0, 0.1) is 10.1 Å². The number of nitrogens with zero attached hydrogens (tertiary/aromatic N) is 1. The third-order valence-corrected chi connectivity index (χ3v) is 3.11. The molecule has 1 N–H and O–H groups in total. The van der Waals surface area contributed by atoms with Crippen LogP contribution < -0.4 is 4.74 Å². The zero-order valence-corrected chi connectivity index (χ0v) is 11.8. The Balaban J connectivity index is 2.55. The van der Waals surface area contributed by atoms with Crippen molar-refractivity contribution in [1.82, 2.24) is 0 Å². The summed E-state index contributed by atoms with van der Waals surface area (Å²) in [7, 11) is 0. The average Bonchev–Trinajstić information content (AvgIpc) is 2.42. The molecule has 108 valence electrons. The van der Waals surface area contributed by atoms with Gasteiger partial charge in [0.1, 0.15) is 11.3 Å². The quantitative estimate of drug-likeness (QED) is 0.664. The third-order valence-electron chi connectivity index (χ3n) is 2.52. The van der Waals surface area contributed by atoms with Gasteiger partial charge in [0.05, 0.1) is 15.0 Å². The van der Waals surface area contributed by atoms with Crippen LogP contribution in [-0.2, 0) is 0 Å². The zero-order chi connectivity index (χ0) is 15.6. The van der Waals surface area contributed by atoms with Gasteiger partial charge in [-0.05, 0) is 12.1 Å². The Hall–Kier alpha value is -2.31. The molecule has 0 unspecified atom stereocenters. The van der Waals surface area contributed by atoms with E-state index in [9.17, 15) is 14.9 Å². The normalized spacial score (nSPS) is 10.2. The number of para-hydroxylation sites is 1. The Labute approximate surface area is 128 Å². The number of non-ortho nitro benzene ring substituents is 1. The predicted octanol–water partition coefficient (Wildman–Crippen LogP) is 4.39. The highest BCUT2D eigenvalue weighted by molar-refractivity contribution is 6.33. The lowest BCUT2D eigenvalue weighted by Gasteiger charge is -2.11. The van der Waals surface area contributed by atoms with E-state index in [4.69, 9.17) is 33.0 Å². The van der Waals surface area contributed by atoms with Crippen LogP contribution in [0.3, 0.4) is 0 Å². The SMILES string of the molecule is O=C(O)c1cc([N+](=O)[O-])cc(Cl)c1Oc1ccccc1Cl. The number of nitro benzene ring substituents is 1. The molecule has 0 amide bonds. The molecule has 0 saturated carbocycles. The number of hydrogen-bond donors (Lipinski definition) is 1. The Morgan fingerprint density at radius 1 is 1.19 bits per heavy atom. The van der Waals surface area contributed by atoms with Crippen LogP contribution in [-0.4, -0.2) is 16.0 Å². The molecule has 2 aromatic rings. The Bertz CT molecular complexity index is 732. The molecule has 0 aliphatic rings. The van der Waals surface area contributed by atoms with Crippen LogP contribution in [0.5, 0.6) is 11.5 Å². The number of halogens is 2. The molecule has 0 saturated heterocycles. The minimum atomic E-state index is -1.40. The summed E-state index contributed by atoms with van der Waals surface area (Å²) in [6, 6.07) is 8.27. The van der Waals surface area contributed by atoms with Crippen molar-refractivity contribution >= 4 is 34.9 Å². The molecule has 21 heavy (non-hydrogen) atoms. The fraction of sp³-hybridized carbons (Fsp3) is 0. The van der Waals surface area contributed by atoms with Gasteiger partial charge in [-0.3, -0.25) is 10.1 Å². The highest BCUT2D eigenvalue weighted by atomic mass is 35.5. The molecule has 0 heterocycles. The fourth-order valence-electron chi connectivity index (χ4n) is 1.58. The molecule has 0 radical (unpaired) electrons. The predicted molar refractivity (Wildman–Crippen MR) is 76.6 cm³/mol. The summed E-state index contributed by atoms with van der Waals surface area (Å²) in [6.45, 7) is 0. The molecule has 6 nitrogen and oxygen atoms in total.